The first-order chi connectivity index (χ1) is 17.0. The minimum atomic E-state index is -2.71. The van der Waals surface area contributed by atoms with E-state index >= 15 is 0 Å². The molecule has 4 rings (SSSR count). The highest BCUT2D eigenvalue weighted by atomic mass is 32.2. The van der Waals surface area contributed by atoms with Crippen LogP contribution >= 0.6 is 11.3 Å². The third-order valence-corrected chi connectivity index (χ3v) is 7.02. The van der Waals surface area contributed by atoms with Gasteiger partial charge < -0.3 is 9.45 Å². The molecule has 0 bridgehead atoms. The smallest absolute Gasteiger partial charge is 0.264 e. The summed E-state index contributed by atoms with van der Waals surface area (Å²) in [6.45, 7) is 2.88. The first-order valence-electron chi connectivity index (χ1n) is 10.8. The Labute approximate surface area is 211 Å². The fourth-order valence-corrected chi connectivity index (χ4v) is 5.00. The van der Waals surface area contributed by atoms with Crippen molar-refractivity contribution in [3.8, 4) is 17.3 Å². The minimum absolute atomic E-state index is 0.0241. The van der Waals surface area contributed by atoms with E-state index in [4.69, 9.17) is 0 Å². The molecular weight excluding hydrogens is 478 g/mol. The Morgan fingerprint density at radius 2 is 1.54 bits per heavy atom. The second-order valence-corrected chi connectivity index (χ2v) is 9.97. The van der Waals surface area contributed by atoms with Crippen LogP contribution in [0.5, 0.6) is 0 Å². The number of aryl methyl sites for hydroxylation is 1. The van der Waals surface area contributed by atoms with Crippen LogP contribution < -0.4 is 4.31 Å². The molecule has 176 valence electrons. The molecule has 0 radical (unpaired) electrons. The summed E-state index contributed by atoms with van der Waals surface area (Å²) < 4.78 is 23.6. The van der Waals surface area contributed by atoms with Crippen molar-refractivity contribution >= 4 is 34.2 Å². The summed E-state index contributed by atoms with van der Waals surface area (Å²) in [6, 6.07) is 28.1. The van der Waals surface area contributed by atoms with Gasteiger partial charge in [-0.15, -0.1) is 11.3 Å². The fraction of sp³-hybridized carbons (Fsp3) is 0.111. The van der Waals surface area contributed by atoms with Gasteiger partial charge in [0, 0.05) is 23.5 Å². The molecule has 1 unspecified atom stereocenters. The number of hydrogen-bond donors (Lipinski definition) is 0. The van der Waals surface area contributed by atoms with Crippen molar-refractivity contribution in [2.45, 2.75) is 20.0 Å². The van der Waals surface area contributed by atoms with Crippen LogP contribution in [0.2, 0.25) is 0 Å². The Hall–Kier alpha value is -3.77. The molecule has 0 aliphatic carbocycles. The Balaban J connectivity index is 1.61. The number of hydrogen-bond acceptors (Lipinski definition) is 5. The average Bonchev–Trinajstić information content (AvgIpc) is 3.31. The lowest BCUT2D eigenvalue weighted by molar-refractivity contribution is 0.0735. The van der Waals surface area contributed by atoms with Gasteiger partial charge in [-0.1, -0.05) is 72.8 Å². The van der Waals surface area contributed by atoms with Gasteiger partial charge in [-0.25, -0.2) is 4.31 Å². The molecule has 6 nitrogen and oxygen atoms in total. The zero-order valence-electron chi connectivity index (χ0n) is 19.0. The molecule has 0 saturated carbocycles. The number of nitrogens with zero attached hydrogens (tertiary/aromatic N) is 3. The first kappa shape index (κ1) is 24.4. The molecule has 4 aromatic rings. The van der Waals surface area contributed by atoms with Crippen molar-refractivity contribution in [3.05, 3.63) is 112 Å². The molecule has 0 saturated heterocycles. The Bertz CT molecular complexity index is 1380. The van der Waals surface area contributed by atoms with Crippen molar-refractivity contribution in [1.82, 2.24) is 4.90 Å². The summed E-state index contributed by atoms with van der Waals surface area (Å²) in [4.78, 5) is 16.9. The number of carbonyl (C=O) groups excluding carboxylic acids is 1. The van der Waals surface area contributed by atoms with Gasteiger partial charge in [0.05, 0.1) is 21.8 Å². The van der Waals surface area contributed by atoms with Gasteiger partial charge in [0.15, 0.2) is 6.19 Å². The molecule has 0 fully saturated rings. The Morgan fingerprint density at radius 1 is 0.914 bits per heavy atom. The molecule has 0 spiro atoms. The van der Waals surface area contributed by atoms with Crippen molar-refractivity contribution in [2.24, 2.45) is 0 Å². The number of amides is 1. The molecule has 0 aliphatic rings. The highest BCUT2D eigenvalue weighted by Crippen LogP contribution is 2.31. The van der Waals surface area contributed by atoms with Crippen LogP contribution in [-0.2, 0) is 24.4 Å². The van der Waals surface area contributed by atoms with Crippen LogP contribution in [0.25, 0.3) is 11.1 Å². The molecule has 0 aliphatic heterocycles. The average molecular weight is 501 g/mol. The van der Waals surface area contributed by atoms with Gasteiger partial charge in [-0.3, -0.25) is 9.00 Å². The zero-order valence-corrected chi connectivity index (χ0v) is 20.6. The summed E-state index contributed by atoms with van der Waals surface area (Å²) in [5, 5.41) is 9.28. The fourth-order valence-electron chi connectivity index (χ4n) is 3.78. The third-order valence-electron chi connectivity index (χ3n) is 5.46. The minimum Gasteiger partial charge on any atom is -0.754 e. The lowest BCUT2D eigenvalue weighted by Crippen LogP contribution is -2.29. The monoisotopic (exact) mass is 500 g/mol. The van der Waals surface area contributed by atoms with Crippen LogP contribution in [0.3, 0.4) is 0 Å². The Morgan fingerprint density at radius 3 is 2.14 bits per heavy atom. The largest absolute Gasteiger partial charge is 0.754 e. The predicted molar refractivity (Wildman–Crippen MR) is 138 cm³/mol. The van der Waals surface area contributed by atoms with E-state index in [9.17, 15) is 18.8 Å². The number of para-hydroxylation sites is 1. The molecule has 1 amide bonds. The maximum Gasteiger partial charge on any atom is 0.264 e. The van der Waals surface area contributed by atoms with E-state index in [0.717, 1.165) is 21.6 Å². The van der Waals surface area contributed by atoms with Crippen LogP contribution in [0.4, 0.5) is 5.69 Å². The van der Waals surface area contributed by atoms with Gasteiger partial charge in [-0.05, 0) is 41.8 Å². The van der Waals surface area contributed by atoms with E-state index in [1.807, 2.05) is 78.6 Å². The quantitative estimate of drug-likeness (QED) is 0.178. The number of thiophene rings is 1. The second-order valence-electron chi connectivity index (χ2n) is 7.88. The van der Waals surface area contributed by atoms with Gasteiger partial charge in [0.1, 0.15) is 0 Å². The van der Waals surface area contributed by atoms with Gasteiger partial charge >= 0.3 is 0 Å². The summed E-state index contributed by atoms with van der Waals surface area (Å²) in [5.74, 6) is -0.0241. The topological polar surface area (TPSA) is 87.5 Å². The molecule has 1 heterocycles. The number of carbonyl (C=O) groups is 1. The molecule has 3 aromatic carbocycles. The molecule has 35 heavy (non-hydrogen) atoms. The number of nitriles is 1. The van der Waals surface area contributed by atoms with Crippen LogP contribution in [-0.4, -0.2) is 19.6 Å². The second kappa shape index (κ2) is 11.1. The zero-order chi connectivity index (χ0) is 24.8. The molecule has 0 N–H and O–H groups in total. The van der Waals surface area contributed by atoms with Crippen LogP contribution in [0, 0.1) is 18.4 Å². The molecule has 1 aromatic heterocycles. The van der Waals surface area contributed by atoms with Crippen molar-refractivity contribution in [1.29, 1.82) is 5.26 Å². The lowest BCUT2D eigenvalue weighted by atomic mass is 10.0. The third kappa shape index (κ3) is 5.84. The van der Waals surface area contributed by atoms with E-state index in [1.165, 1.54) is 11.3 Å². The highest BCUT2D eigenvalue weighted by molar-refractivity contribution is 7.80. The Kier molecular flexibility index (Phi) is 7.73. The predicted octanol–water partition coefficient (Wildman–Crippen LogP) is 5.65. The first-order valence-corrected chi connectivity index (χ1v) is 12.7. The number of anilines is 1. The summed E-state index contributed by atoms with van der Waals surface area (Å²) in [7, 11) is 0. The standard InChI is InChI=1S/C27H23N3O3S2/c1-20-11-16-26(34-20)27(31)29(17-21-7-3-2-4-8-21)18-22-12-14-23(15-13-22)24-9-5-6-10-25(24)30(19-28)35(32)33/h2-16H,17-18H2,1H3,(H,32,33)/p-1. The molecular formula is C27H22N3O3S2-. The van der Waals surface area contributed by atoms with E-state index in [2.05, 4.69) is 0 Å². The maximum atomic E-state index is 13.3. The van der Waals surface area contributed by atoms with Gasteiger partial charge in [0.2, 0.25) is 0 Å². The van der Waals surface area contributed by atoms with E-state index in [1.54, 1.807) is 30.5 Å². The number of benzene rings is 3. The van der Waals surface area contributed by atoms with E-state index < -0.39 is 11.3 Å². The SMILES string of the molecule is Cc1ccc(C(=O)N(Cc2ccccc2)Cc2ccc(-c3ccccc3N(C#N)S(=O)[O-])cc2)s1. The van der Waals surface area contributed by atoms with Gasteiger partial charge in [-0.2, -0.15) is 5.26 Å². The van der Waals surface area contributed by atoms with Crippen molar-refractivity contribution in [2.75, 3.05) is 4.31 Å². The normalized spacial score (nSPS) is 11.5. The van der Waals surface area contributed by atoms with Crippen molar-refractivity contribution < 1.29 is 13.6 Å². The van der Waals surface area contributed by atoms with Crippen molar-refractivity contribution in [3.63, 3.8) is 0 Å². The van der Waals surface area contributed by atoms with Crippen LogP contribution in [0.1, 0.15) is 25.7 Å². The lowest BCUT2D eigenvalue weighted by Gasteiger charge is -2.23. The summed E-state index contributed by atoms with van der Waals surface area (Å²) in [5.41, 5.74) is 3.65. The van der Waals surface area contributed by atoms with Gasteiger partial charge in [0.25, 0.3) is 5.91 Å². The van der Waals surface area contributed by atoms with E-state index in [-0.39, 0.29) is 11.6 Å². The van der Waals surface area contributed by atoms with E-state index in [0.29, 0.717) is 27.8 Å². The highest BCUT2D eigenvalue weighted by Gasteiger charge is 2.19. The summed E-state index contributed by atoms with van der Waals surface area (Å²) in [6.07, 6.45) is 1.70. The summed E-state index contributed by atoms with van der Waals surface area (Å²) >= 11 is -1.23. The molecule has 8 heteroatoms. The van der Waals surface area contributed by atoms with Crippen LogP contribution in [0.15, 0.2) is 91.0 Å². The maximum absolute atomic E-state index is 13.3. The number of rotatable bonds is 8. The molecule has 1 atom stereocenters.